The third kappa shape index (κ3) is 2.93. The van der Waals surface area contributed by atoms with Crippen LogP contribution >= 0.6 is 15.9 Å². The lowest BCUT2D eigenvalue weighted by molar-refractivity contribution is -0.148. The highest BCUT2D eigenvalue weighted by molar-refractivity contribution is 9.10. The molecule has 0 atom stereocenters. The summed E-state index contributed by atoms with van der Waals surface area (Å²) in [6.45, 7) is 0.640. The Balaban J connectivity index is 2.20. The van der Waals surface area contributed by atoms with E-state index in [1.807, 2.05) is 0 Å². The molecule has 0 aliphatic carbocycles. The summed E-state index contributed by atoms with van der Waals surface area (Å²) in [7, 11) is 0. The number of nitrogens with zero attached hydrogens (tertiary/aromatic N) is 1. The zero-order valence-corrected chi connectivity index (χ0v) is 11.6. The van der Waals surface area contributed by atoms with Gasteiger partial charge in [0.05, 0.1) is 5.56 Å². The van der Waals surface area contributed by atoms with Crippen LogP contribution in [-0.4, -0.2) is 40.7 Å². The van der Waals surface area contributed by atoms with Crippen molar-refractivity contribution in [3.05, 3.63) is 28.5 Å². The summed E-state index contributed by atoms with van der Waals surface area (Å²) >= 11 is 3.17. The fraction of sp³-hybridized carbons (Fsp3) is 0.417. The van der Waals surface area contributed by atoms with Crippen LogP contribution in [0.1, 0.15) is 23.2 Å². The van der Waals surface area contributed by atoms with Crippen molar-refractivity contribution < 1.29 is 19.4 Å². The van der Waals surface area contributed by atoms with Crippen molar-refractivity contribution in [3.63, 3.8) is 0 Å². The van der Waals surface area contributed by atoms with Crippen molar-refractivity contribution in [2.24, 2.45) is 0 Å². The number of carbonyl (C=O) groups excluding carboxylic acids is 1. The standard InChI is InChI=1S/C12H13BrN2O4/c13-9-8(2-1-5-14-9)10(16)15-12(11(17)18)3-6-19-7-4-12/h1-2,5H,3-4,6-7H2,(H,15,16)(H,17,18). The number of aromatic nitrogens is 1. The number of carboxylic acids is 1. The molecule has 1 amide bonds. The van der Waals surface area contributed by atoms with Crippen molar-refractivity contribution in [3.8, 4) is 0 Å². The molecule has 2 rings (SSSR count). The number of hydrogen-bond acceptors (Lipinski definition) is 4. The summed E-state index contributed by atoms with van der Waals surface area (Å²) < 4.78 is 5.54. The van der Waals surface area contributed by atoms with Gasteiger partial charge in [-0.15, -0.1) is 0 Å². The van der Waals surface area contributed by atoms with E-state index >= 15 is 0 Å². The molecule has 1 aliphatic heterocycles. The number of rotatable bonds is 3. The first-order valence-corrected chi connectivity index (χ1v) is 6.59. The fourth-order valence-electron chi connectivity index (χ4n) is 1.95. The van der Waals surface area contributed by atoms with Crippen molar-refractivity contribution in [1.29, 1.82) is 0 Å². The van der Waals surface area contributed by atoms with Crippen LogP contribution < -0.4 is 5.32 Å². The number of carbonyl (C=O) groups is 2. The van der Waals surface area contributed by atoms with Gasteiger partial charge in [0.25, 0.3) is 5.91 Å². The minimum atomic E-state index is -1.26. The van der Waals surface area contributed by atoms with Gasteiger partial charge in [0.1, 0.15) is 10.1 Å². The molecule has 0 saturated carbocycles. The lowest BCUT2D eigenvalue weighted by Gasteiger charge is -2.33. The van der Waals surface area contributed by atoms with Crippen LogP contribution in [-0.2, 0) is 9.53 Å². The second kappa shape index (κ2) is 5.66. The molecule has 2 heterocycles. The zero-order valence-electron chi connectivity index (χ0n) is 10.1. The van der Waals surface area contributed by atoms with Crippen LogP contribution in [0.15, 0.2) is 22.9 Å². The Morgan fingerprint density at radius 1 is 1.42 bits per heavy atom. The topological polar surface area (TPSA) is 88.5 Å². The van der Waals surface area contributed by atoms with Gasteiger partial charge in [-0.1, -0.05) is 0 Å². The third-order valence-electron chi connectivity index (χ3n) is 3.11. The second-order valence-corrected chi connectivity index (χ2v) is 5.05. The van der Waals surface area contributed by atoms with Gasteiger partial charge in [0, 0.05) is 32.3 Å². The Labute approximate surface area is 118 Å². The molecule has 19 heavy (non-hydrogen) atoms. The Bertz CT molecular complexity index is 500. The number of hydrogen-bond donors (Lipinski definition) is 2. The quantitative estimate of drug-likeness (QED) is 0.814. The van der Waals surface area contributed by atoms with Crippen molar-refractivity contribution in [1.82, 2.24) is 10.3 Å². The van der Waals surface area contributed by atoms with Crippen LogP contribution in [0, 0.1) is 0 Å². The van der Waals surface area contributed by atoms with Gasteiger partial charge in [0.2, 0.25) is 0 Å². The molecular formula is C12H13BrN2O4. The molecule has 0 spiro atoms. The first kappa shape index (κ1) is 14.0. The number of nitrogens with one attached hydrogen (secondary N) is 1. The highest BCUT2D eigenvalue weighted by Gasteiger charge is 2.41. The minimum Gasteiger partial charge on any atom is -0.480 e. The summed E-state index contributed by atoms with van der Waals surface area (Å²) in [5, 5.41) is 12.0. The van der Waals surface area contributed by atoms with Gasteiger partial charge in [-0.2, -0.15) is 0 Å². The molecule has 1 fully saturated rings. The highest BCUT2D eigenvalue weighted by Crippen LogP contribution is 2.22. The Morgan fingerprint density at radius 2 is 2.11 bits per heavy atom. The Kier molecular flexibility index (Phi) is 4.16. The van der Waals surface area contributed by atoms with Crippen molar-refractivity contribution in [2.75, 3.05) is 13.2 Å². The van der Waals surface area contributed by atoms with E-state index in [2.05, 4.69) is 26.2 Å². The highest BCUT2D eigenvalue weighted by atomic mass is 79.9. The minimum absolute atomic E-state index is 0.256. The van der Waals surface area contributed by atoms with Crippen molar-refractivity contribution >= 4 is 27.8 Å². The molecule has 6 nitrogen and oxygen atoms in total. The molecule has 2 N–H and O–H groups in total. The predicted molar refractivity (Wildman–Crippen MR) is 69.8 cm³/mol. The molecule has 1 aliphatic rings. The van der Waals surface area contributed by atoms with E-state index in [4.69, 9.17) is 4.74 Å². The molecular weight excluding hydrogens is 316 g/mol. The molecule has 0 aromatic carbocycles. The number of ether oxygens (including phenoxy) is 1. The monoisotopic (exact) mass is 328 g/mol. The SMILES string of the molecule is O=C(NC1(C(=O)O)CCOCC1)c1cccnc1Br. The maximum absolute atomic E-state index is 12.2. The largest absolute Gasteiger partial charge is 0.480 e. The maximum Gasteiger partial charge on any atom is 0.329 e. The lowest BCUT2D eigenvalue weighted by atomic mass is 9.90. The van der Waals surface area contributed by atoms with Gasteiger partial charge in [-0.3, -0.25) is 4.79 Å². The van der Waals surface area contributed by atoms with Crippen LogP contribution in [0.4, 0.5) is 0 Å². The van der Waals surface area contributed by atoms with Gasteiger partial charge >= 0.3 is 5.97 Å². The molecule has 1 aromatic rings. The van der Waals surface area contributed by atoms with Gasteiger partial charge in [-0.05, 0) is 28.1 Å². The molecule has 0 radical (unpaired) electrons. The molecule has 7 heteroatoms. The normalized spacial score (nSPS) is 17.7. The molecule has 1 aromatic heterocycles. The Morgan fingerprint density at radius 3 is 2.68 bits per heavy atom. The van der Waals surface area contributed by atoms with Crippen LogP contribution in [0.2, 0.25) is 0 Å². The summed E-state index contributed by atoms with van der Waals surface area (Å²) in [6, 6.07) is 3.21. The smallest absolute Gasteiger partial charge is 0.329 e. The average molecular weight is 329 g/mol. The van der Waals surface area contributed by atoms with E-state index in [0.717, 1.165) is 0 Å². The van der Waals surface area contributed by atoms with E-state index in [1.54, 1.807) is 18.3 Å². The molecule has 102 valence electrons. The summed E-state index contributed by atoms with van der Waals surface area (Å²) in [6.07, 6.45) is 2.06. The molecule has 0 unspecified atom stereocenters. The van der Waals surface area contributed by atoms with Crippen LogP contribution in [0.3, 0.4) is 0 Å². The number of amides is 1. The second-order valence-electron chi connectivity index (χ2n) is 4.30. The van der Waals surface area contributed by atoms with E-state index in [-0.39, 0.29) is 12.8 Å². The number of halogens is 1. The maximum atomic E-state index is 12.2. The number of pyridine rings is 1. The van der Waals surface area contributed by atoms with Crippen LogP contribution in [0.5, 0.6) is 0 Å². The van der Waals surface area contributed by atoms with Gasteiger partial charge in [0.15, 0.2) is 0 Å². The van der Waals surface area contributed by atoms with E-state index in [0.29, 0.717) is 23.4 Å². The van der Waals surface area contributed by atoms with Gasteiger partial charge < -0.3 is 15.2 Å². The fourth-order valence-corrected chi connectivity index (χ4v) is 2.38. The number of aliphatic carboxylic acids is 1. The van der Waals surface area contributed by atoms with Gasteiger partial charge in [-0.25, -0.2) is 9.78 Å². The summed E-state index contributed by atoms with van der Waals surface area (Å²) in [4.78, 5) is 27.5. The van der Waals surface area contributed by atoms with Crippen LogP contribution in [0.25, 0.3) is 0 Å². The predicted octanol–water partition coefficient (Wildman–Crippen LogP) is 1.21. The van der Waals surface area contributed by atoms with Crippen molar-refractivity contribution in [2.45, 2.75) is 18.4 Å². The zero-order chi connectivity index (χ0) is 13.9. The third-order valence-corrected chi connectivity index (χ3v) is 3.74. The first-order chi connectivity index (χ1) is 9.05. The Hall–Kier alpha value is -1.47. The summed E-state index contributed by atoms with van der Waals surface area (Å²) in [5.41, 5.74) is -0.945. The van der Waals surface area contributed by atoms with E-state index < -0.39 is 17.4 Å². The van der Waals surface area contributed by atoms with E-state index in [1.165, 1.54) is 0 Å². The first-order valence-electron chi connectivity index (χ1n) is 5.79. The lowest BCUT2D eigenvalue weighted by Crippen LogP contribution is -2.57. The summed E-state index contributed by atoms with van der Waals surface area (Å²) in [5.74, 6) is -1.49. The molecule has 1 saturated heterocycles. The average Bonchev–Trinajstić information content (AvgIpc) is 2.40. The number of carboxylic acid groups (broad SMARTS) is 1. The van der Waals surface area contributed by atoms with E-state index in [9.17, 15) is 14.7 Å². The molecule has 0 bridgehead atoms.